The highest BCUT2D eigenvalue weighted by molar-refractivity contribution is 5.97. The first-order valence-corrected chi connectivity index (χ1v) is 21.5. The van der Waals surface area contributed by atoms with Crippen molar-refractivity contribution in [1.29, 1.82) is 0 Å². The third kappa shape index (κ3) is 18.1. The Morgan fingerprint density at radius 3 is 1.87 bits per heavy atom. The van der Waals surface area contributed by atoms with Crippen molar-refractivity contribution in [3.8, 4) is 5.75 Å². The van der Waals surface area contributed by atoms with Crippen molar-refractivity contribution < 1.29 is 53.3 Å². The lowest BCUT2D eigenvalue weighted by atomic mass is 9.93. The Kier molecular flexibility index (Phi) is 22.2. The molecule has 18 nitrogen and oxygen atoms in total. The average Bonchev–Trinajstić information content (AvgIpc) is 3.20. The van der Waals surface area contributed by atoms with Crippen LogP contribution < -0.4 is 37.6 Å². The van der Waals surface area contributed by atoms with Gasteiger partial charge in [-0.15, -0.1) is 0 Å². The van der Waals surface area contributed by atoms with Crippen LogP contribution in [0.1, 0.15) is 125 Å². The average molecular weight is 860 g/mol. The second kappa shape index (κ2) is 26.2. The maximum atomic E-state index is 14.2. The Hall–Kier alpha value is -5.26. The Morgan fingerprint density at radius 2 is 1.28 bits per heavy atom. The van der Waals surface area contributed by atoms with E-state index in [-0.39, 0.29) is 30.9 Å². The third-order valence-corrected chi connectivity index (χ3v) is 11.0. The van der Waals surface area contributed by atoms with Crippen molar-refractivity contribution in [1.82, 2.24) is 31.9 Å². The maximum absolute atomic E-state index is 14.2. The number of hydrogen-bond donors (Lipinski definition) is 9. The molecule has 0 unspecified atom stereocenters. The number of cyclic esters (lactones) is 1. The van der Waals surface area contributed by atoms with Crippen LogP contribution in [0.4, 0.5) is 0 Å². The van der Waals surface area contributed by atoms with Crippen molar-refractivity contribution in [2.45, 2.75) is 174 Å². The predicted octanol–water partition coefficient (Wildman–Crippen LogP) is 1.28. The van der Waals surface area contributed by atoms with Gasteiger partial charge in [0.15, 0.2) is 0 Å². The van der Waals surface area contributed by atoms with Crippen molar-refractivity contribution in [3.63, 3.8) is 0 Å². The van der Waals surface area contributed by atoms with Crippen molar-refractivity contribution in [3.05, 3.63) is 29.8 Å². The molecule has 0 bridgehead atoms. The van der Waals surface area contributed by atoms with Crippen LogP contribution >= 0.6 is 0 Å². The fourth-order valence-electron chi connectivity index (χ4n) is 6.73. The first-order chi connectivity index (χ1) is 28.8. The number of rotatable bonds is 16. The number of unbranched alkanes of at least 4 members (excludes halogenated alkanes) is 5. The van der Waals surface area contributed by atoms with Gasteiger partial charge >= 0.3 is 5.97 Å². The standard InChI is InChI=1S/C43H69N7O11/c1-8-10-11-12-13-14-15-25(4)33-23-35(54)49-37(28(7)51)42(59)46-26(5)38(55)45-27(6)39(56)47-31(20-21-34(44)53)40(57)48-32(22-29-16-18-30(52)19-17-29)41(58)50-36(24(3)9-2)43(60)61-33/h16-19,24-28,31-33,36-37,51-52H,8-15,20-23H2,1-7H3,(H2,44,53)(H,45,55)(H,46,59)(H,47,56)(H,48,57)(H,49,54)(H,50,58)/t24-,25+,26-,27+,28+,31-,32+,33-,36-,37+/m0/s1. The van der Waals surface area contributed by atoms with Crippen molar-refractivity contribution in [2.24, 2.45) is 17.6 Å². The molecule has 10 atom stereocenters. The lowest BCUT2D eigenvalue weighted by molar-refractivity contribution is -0.159. The lowest BCUT2D eigenvalue weighted by Crippen LogP contribution is -2.60. The molecule has 342 valence electrons. The molecule has 18 heteroatoms. The highest BCUT2D eigenvalue weighted by atomic mass is 16.5. The summed E-state index contributed by atoms with van der Waals surface area (Å²) >= 11 is 0. The molecule has 10 N–H and O–H groups in total. The van der Waals surface area contributed by atoms with Crippen molar-refractivity contribution in [2.75, 3.05) is 0 Å². The van der Waals surface area contributed by atoms with Gasteiger partial charge in [-0.1, -0.05) is 84.8 Å². The lowest BCUT2D eigenvalue weighted by Gasteiger charge is -2.31. The number of aromatic hydroxyl groups is 1. The summed E-state index contributed by atoms with van der Waals surface area (Å²) in [6.07, 6.45) is 3.47. The van der Waals surface area contributed by atoms with Crippen LogP contribution in [0.15, 0.2) is 24.3 Å². The van der Waals surface area contributed by atoms with Gasteiger partial charge in [0.25, 0.3) is 0 Å². The van der Waals surface area contributed by atoms with E-state index < -0.39 is 108 Å². The van der Waals surface area contributed by atoms with Crippen molar-refractivity contribution >= 4 is 47.3 Å². The van der Waals surface area contributed by atoms with Crippen LogP contribution in [-0.2, 0) is 49.5 Å². The summed E-state index contributed by atoms with van der Waals surface area (Å²) < 4.78 is 6.07. The second-order valence-corrected chi connectivity index (χ2v) is 16.3. The number of aliphatic hydroxyl groups excluding tert-OH is 1. The number of benzene rings is 1. The summed E-state index contributed by atoms with van der Waals surface area (Å²) in [7, 11) is 0. The van der Waals surface area contributed by atoms with E-state index in [4.69, 9.17) is 10.5 Å². The largest absolute Gasteiger partial charge is 0.508 e. The second-order valence-electron chi connectivity index (χ2n) is 16.3. The smallest absolute Gasteiger partial charge is 0.329 e. The number of nitrogens with two attached hydrogens (primary N) is 1. The van der Waals surface area contributed by atoms with Gasteiger partial charge in [0.2, 0.25) is 41.4 Å². The molecule has 61 heavy (non-hydrogen) atoms. The molecule has 1 saturated heterocycles. The van der Waals surface area contributed by atoms with Gasteiger partial charge < -0.3 is 52.6 Å². The predicted molar refractivity (Wildman–Crippen MR) is 226 cm³/mol. The number of hydrogen-bond acceptors (Lipinski definition) is 11. The van der Waals surface area contributed by atoms with Gasteiger partial charge in [-0.05, 0) is 63.1 Å². The van der Waals surface area contributed by atoms with Crippen LogP contribution in [0.2, 0.25) is 0 Å². The van der Waals surface area contributed by atoms with E-state index >= 15 is 0 Å². The normalized spacial score (nSPS) is 25.7. The van der Waals surface area contributed by atoms with Gasteiger partial charge in [-0.3, -0.25) is 33.6 Å². The van der Waals surface area contributed by atoms with E-state index in [9.17, 15) is 48.6 Å². The number of carbonyl (C=O) groups is 8. The number of carbonyl (C=O) groups excluding carboxylic acids is 8. The first-order valence-electron chi connectivity index (χ1n) is 21.5. The van der Waals surface area contributed by atoms with E-state index in [1.165, 1.54) is 32.9 Å². The summed E-state index contributed by atoms with van der Waals surface area (Å²) in [4.78, 5) is 108. The molecular formula is C43H69N7O11. The number of phenols is 1. The van der Waals surface area contributed by atoms with E-state index in [1.54, 1.807) is 19.1 Å². The Balaban J connectivity index is 2.65. The fraction of sp³-hybridized carbons (Fsp3) is 0.674. The zero-order valence-corrected chi connectivity index (χ0v) is 36.7. The summed E-state index contributed by atoms with van der Waals surface area (Å²) in [5, 5.41) is 35.7. The van der Waals surface area contributed by atoms with Gasteiger partial charge in [0.05, 0.1) is 12.5 Å². The highest BCUT2D eigenvalue weighted by Gasteiger charge is 2.37. The van der Waals surface area contributed by atoms with Crippen LogP contribution in [0, 0.1) is 11.8 Å². The minimum Gasteiger partial charge on any atom is -0.508 e. The highest BCUT2D eigenvalue weighted by Crippen LogP contribution is 2.22. The zero-order valence-electron chi connectivity index (χ0n) is 36.7. The Morgan fingerprint density at radius 1 is 0.721 bits per heavy atom. The van der Waals surface area contributed by atoms with Crippen LogP contribution in [0.25, 0.3) is 0 Å². The van der Waals surface area contributed by atoms with Gasteiger partial charge in [0, 0.05) is 12.8 Å². The zero-order chi connectivity index (χ0) is 45.8. The molecule has 1 aliphatic heterocycles. The number of primary amides is 1. The Labute approximate surface area is 359 Å². The van der Waals surface area contributed by atoms with E-state index in [1.807, 2.05) is 13.8 Å². The van der Waals surface area contributed by atoms with E-state index in [0.29, 0.717) is 18.4 Å². The molecule has 1 aliphatic rings. The minimum absolute atomic E-state index is 0.0399. The molecule has 2 rings (SSSR count). The number of esters is 1. The number of amides is 7. The molecule has 1 fully saturated rings. The summed E-state index contributed by atoms with van der Waals surface area (Å²) in [5.41, 5.74) is 5.89. The summed E-state index contributed by atoms with van der Waals surface area (Å²) in [6, 6.07) is -2.24. The van der Waals surface area contributed by atoms with Gasteiger partial charge in [-0.25, -0.2) is 4.79 Å². The SMILES string of the molecule is CCCCCCCC[C@@H](C)[C@@H]1CC(=O)N[C@H]([C@@H](C)O)C(=O)N[C@@H](C)C(=O)N[C@H](C)C(=O)N[C@@H](CCC(N)=O)C(=O)N[C@H](Cc2ccc(O)cc2)C(=O)N[C@@H]([C@@H](C)CC)C(=O)O1. The van der Waals surface area contributed by atoms with Crippen LogP contribution in [-0.4, -0.2) is 106 Å². The molecule has 0 saturated carbocycles. The van der Waals surface area contributed by atoms with E-state index in [2.05, 4.69) is 38.8 Å². The molecule has 0 aliphatic carbocycles. The molecule has 1 aromatic carbocycles. The number of aliphatic hydroxyl groups is 1. The first kappa shape index (κ1) is 51.9. The molecule has 1 aromatic rings. The van der Waals surface area contributed by atoms with Crippen LogP contribution in [0.5, 0.6) is 5.75 Å². The third-order valence-electron chi connectivity index (χ3n) is 11.0. The molecule has 0 spiro atoms. The van der Waals surface area contributed by atoms with E-state index in [0.717, 1.165) is 38.5 Å². The topological polar surface area (TPSA) is 284 Å². The maximum Gasteiger partial charge on any atom is 0.329 e. The minimum atomic E-state index is -1.52. The number of nitrogens with one attached hydrogen (secondary N) is 6. The molecule has 1 heterocycles. The summed E-state index contributed by atoms with van der Waals surface area (Å²) in [6.45, 7) is 11.4. The fourth-order valence-corrected chi connectivity index (χ4v) is 6.73. The van der Waals surface area contributed by atoms with Gasteiger partial charge in [-0.2, -0.15) is 0 Å². The Bertz CT molecular complexity index is 1640. The van der Waals surface area contributed by atoms with Gasteiger partial charge in [0.1, 0.15) is 48.1 Å². The molecular weight excluding hydrogens is 791 g/mol. The van der Waals surface area contributed by atoms with Crippen LogP contribution in [0.3, 0.4) is 0 Å². The molecule has 0 radical (unpaired) electrons. The molecule has 7 amide bonds. The quantitative estimate of drug-likeness (QED) is 0.0843. The monoisotopic (exact) mass is 860 g/mol. The number of phenolic OH excluding ortho intramolecular Hbond substituents is 1. The molecule has 0 aromatic heterocycles. The summed E-state index contributed by atoms with van der Waals surface area (Å²) in [5.74, 6) is -7.45. The number of ether oxygens (including phenoxy) is 1.